The molecule has 19 heavy (non-hydrogen) atoms. The minimum absolute atomic E-state index is 0.0715. The topological polar surface area (TPSA) is 80.8 Å². The van der Waals surface area contributed by atoms with Gasteiger partial charge in [0.15, 0.2) is 0 Å². The van der Waals surface area contributed by atoms with Gasteiger partial charge >= 0.3 is 0 Å². The number of carbonyl (C=O) groups is 1. The molecule has 1 aromatic carbocycles. The molecule has 0 aromatic heterocycles. The number of anilines is 1. The Kier molecular flexibility index (Phi) is 4.68. The van der Waals surface area contributed by atoms with E-state index in [4.69, 9.17) is 0 Å². The van der Waals surface area contributed by atoms with Crippen LogP contribution < -0.4 is 10.0 Å². The van der Waals surface area contributed by atoms with Crippen LogP contribution in [0.2, 0.25) is 0 Å². The summed E-state index contributed by atoms with van der Waals surface area (Å²) in [5.74, 6) is 0. The average molecular weight is 283 g/mol. The number of amides is 1. The van der Waals surface area contributed by atoms with Crippen LogP contribution in [0.15, 0.2) is 41.8 Å². The smallest absolute Gasteiger partial charge is 0.242 e. The first-order chi connectivity index (χ1) is 8.80. The highest BCUT2D eigenvalue weighted by atomic mass is 32.2. The van der Waals surface area contributed by atoms with Crippen molar-refractivity contribution in [2.24, 2.45) is 0 Å². The van der Waals surface area contributed by atoms with Crippen molar-refractivity contribution >= 4 is 21.8 Å². The minimum atomic E-state index is -3.52. The van der Waals surface area contributed by atoms with Gasteiger partial charge in [-0.2, -0.15) is 0 Å². The molecular formula is C12H15N2O4S-. The first kappa shape index (κ1) is 15.2. The standard InChI is InChI=1S/C12H16N2O4S/c1-4-9-14(12(15)16)10-5-7-11(8-6-10)19(17,18)13(2)3/h4-8H,1,9H2,2-3H3,(H,15,16)/p-1. The van der Waals surface area contributed by atoms with E-state index in [9.17, 15) is 18.3 Å². The highest BCUT2D eigenvalue weighted by Crippen LogP contribution is 2.19. The summed E-state index contributed by atoms with van der Waals surface area (Å²) in [5.41, 5.74) is 0.331. The van der Waals surface area contributed by atoms with E-state index in [1.165, 1.54) is 44.4 Å². The highest BCUT2D eigenvalue weighted by molar-refractivity contribution is 7.89. The fourth-order valence-corrected chi connectivity index (χ4v) is 2.32. The molecule has 7 heteroatoms. The molecule has 0 unspecified atom stereocenters. The number of carbonyl (C=O) groups excluding carboxylic acids is 1. The molecule has 6 nitrogen and oxygen atoms in total. The maximum absolute atomic E-state index is 11.8. The molecule has 1 amide bonds. The Bertz CT molecular complexity index is 564. The molecule has 1 rings (SSSR count). The lowest BCUT2D eigenvalue weighted by Crippen LogP contribution is -2.41. The summed E-state index contributed by atoms with van der Waals surface area (Å²) in [6.45, 7) is 3.52. The SMILES string of the molecule is C=CCN(C(=O)[O-])c1ccc(S(=O)(=O)N(C)C)cc1. The van der Waals surface area contributed by atoms with Gasteiger partial charge in [-0.25, -0.2) is 12.7 Å². The summed E-state index contributed by atoms with van der Waals surface area (Å²) in [6.07, 6.45) is 0.0448. The molecule has 0 atom stereocenters. The van der Waals surface area contributed by atoms with Gasteiger partial charge in [-0.3, -0.25) is 0 Å². The van der Waals surface area contributed by atoms with Gasteiger partial charge in [0.05, 0.1) is 4.90 Å². The molecule has 1 aromatic rings. The second-order valence-corrected chi connectivity index (χ2v) is 6.10. The molecule has 0 aliphatic heterocycles. The minimum Gasteiger partial charge on any atom is -0.530 e. The van der Waals surface area contributed by atoms with Gasteiger partial charge in [0.25, 0.3) is 0 Å². The van der Waals surface area contributed by atoms with Crippen LogP contribution in [0.25, 0.3) is 0 Å². The van der Waals surface area contributed by atoms with Crippen molar-refractivity contribution in [2.45, 2.75) is 4.90 Å². The van der Waals surface area contributed by atoms with Crippen LogP contribution in [0.3, 0.4) is 0 Å². The van der Waals surface area contributed by atoms with Gasteiger partial charge in [0.2, 0.25) is 10.0 Å². The molecule has 104 valence electrons. The second-order valence-electron chi connectivity index (χ2n) is 3.95. The van der Waals surface area contributed by atoms with Crippen LogP contribution in [-0.2, 0) is 10.0 Å². The van der Waals surface area contributed by atoms with Gasteiger partial charge in [-0.05, 0) is 24.3 Å². The Morgan fingerprint density at radius 2 is 1.84 bits per heavy atom. The van der Waals surface area contributed by atoms with Crippen molar-refractivity contribution in [1.29, 1.82) is 0 Å². The molecule has 0 spiro atoms. The lowest BCUT2D eigenvalue weighted by Gasteiger charge is -2.23. The molecule has 0 aliphatic carbocycles. The van der Waals surface area contributed by atoms with Crippen molar-refractivity contribution in [3.05, 3.63) is 36.9 Å². The van der Waals surface area contributed by atoms with Crippen molar-refractivity contribution in [3.8, 4) is 0 Å². The predicted octanol–water partition coefficient (Wildman–Crippen LogP) is 0.273. The Hall–Kier alpha value is -1.86. The van der Waals surface area contributed by atoms with Gasteiger partial charge in [-0.1, -0.05) is 6.08 Å². The Balaban J connectivity index is 3.12. The summed E-state index contributed by atoms with van der Waals surface area (Å²) in [4.78, 5) is 12.0. The van der Waals surface area contributed by atoms with Crippen molar-refractivity contribution in [3.63, 3.8) is 0 Å². The van der Waals surface area contributed by atoms with Crippen molar-refractivity contribution in [1.82, 2.24) is 4.31 Å². The Labute approximate surface area is 112 Å². The van der Waals surface area contributed by atoms with Crippen LogP contribution in [0.5, 0.6) is 0 Å². The van der Waals surface area contributed by atoms with Crippen LogP contribution in [0.4, 0.5) is 10.5 Å². The van der Waals surface area contributed by atoms with Gasteiger partial charge in [-0.15, -0.1) is 6.58 Å². The number of benzene rings is 1. The molecule has 0 N–H and O–H groups in total. The molecule has 0 heterocycles. The zero-order valence-corrected chi connectivity index (χ0v) is 11.6. The summed E-state index contributed by atoms with van der Waals surface area (Å²) >= 11 is 0. The average Bonchev–Trinajstić information content (AvgIpc) is 2.35. The molecule has 0 saturated carbocycles. The maximum atomic E-state index is 11.8. The van der Waals surface area contributed by atoms with Crippen molar-refractivity contribution < 1.29 is 18.3 Å². The zero-order valence-electron chi connectivity index (χ0n) is 10.7. The molecule has 0 fully saturated rings. The van der Waals surface area contributed by atoms with E-state index in [0.29, 0.717) is 5.69 Å². The number of sulfonamides is 1. The summed E-state index contributed by atoms with van der Waals surface area (Å²) in [6, 6.07) is 5.53. The Morgan fingerprint density at radius 3 is 2.21 bits per heavy atom. The Morgan fingerprint density at radius 1 is 1.32 bits per heavy atom. The quantitative estimate of drug-likeness (QED) is 0.727. The van der Waals surface area contributed by atoms with Gasteiger partial charge in [0, 0.05) is 26.3 Å². The lowest BCUT2D eigenvalue weighted by molar-refractivity contribution is -0.246. The fraction of sp³-hybridized carbons (Fsp3) is 0.250. The molecule has 0 bridgehead atoms. The largest absolute Gasteiger partial charge is 0.530 e. The lowest BCUT2D eigenvalue weighted by atomic mass is 10.3. The van der Waals surface area contributed by atoms with E-state index >= 15 is 0 Å². The van der Waals surface area contributed by atoms with Crippen LogP contribution in [-0.4, -0.2) is 39.5 Å². The molecule has 0 saturated heterocycles. The van der Waals surface area contributed by atoms with E-state index in [0.717, 1.165) is 9.21 Å². The van der Waals surface area contributed by atoms with Crippen LogP contribution >= 0.6 is 0 Å². The van der Waals surface area contributed by atoms with Crippen molar-refractivity contribution in [2.75, 3.05) is 25.5 Å². The summed E-state index contributed by atoms with van der Waals surface area (Å²) in [5, 5.41) is 10.9. The maximum Gasteiger partial charge on any atom is 0.242 e. The van der Waals surface area contributed by atoms with E-state index < -0.39 is 16.1 Å². The third kappa shape index (κ3) is 3.33. The van der Waals surface area contributed by atoms with Gasteiger partial charge in [0.1, 0.15) is 6.09 Å². The monoisotopic (exact) mass is 283 g/mol. The van der Waals surface area contributed by atoms with Crippen LogP contribution in [0.1, 0.15) is 0 Å². The third-order valence-corrected chi connectivity index (χ3v) is 4.29. The first-order valence-corrected chi connectivity index (χ1v) is 6.86. The number of hydrogen-bond donors (Lipinski definition) is 0. The zero-order chi connectivity index (χ0) is 14.6. The molecule has 0 radical (unpaired) electrons. The number of nitrogens with zero attached hydrogens (tertiary/aromatic N) is 2. The summed E-state index contributed by atoms with van der Waals surface area (Å²) < 4.78 is 24.8. The number of rotatable bonds is 5. The fourth-order valence-electron chi connectivity index (χ4n) is 1.42. The van der Waals surface area contributed by atoms with E-state index in [1.54, 1.807) is 0 Å². The number of hydrogen-bond acceptors (Lipinski definition) is 4. The second kappa shape index (κ2) is 5.85. The molecule has 0 aliphatic rings. The summed E-state index contributed by atoms with van der Waals surface area (Å²) in [7, 11) is -0.670. The normalized spacial score (nSPS) is 11.3. The van der Waals surface area contributed by atoms with E-state index in [2.05, 4.69) is 6.58 Å². The van der Waals surface area contributed by atoms with E-state index in [1.807, 2.05) is 0 Å². The van der Waals surface area contributed by atoms with Crippen LogP contribution in [0, 0.1) is 0 Å². The first-order valence-electron chi connectivity index (χ1n) is 5.42. The van der Waals surface area contributed by atoms with E-state index in [-0.39, 0.29) is 11.4 Å². The number of carboxylic acid groups (broad SMARTS) is 1. The molecular weight excluding hydrogens is 268 g/mol. The third-order valence-electron chi connectivity index (χ3n) is 2.46. The predicted molar refractivity (Wildman–Crippen MR) is 70.3 cm³/mol. The highest BCUT2D eigenvalue weighted by Gasteiger charge is 2.17. The van der Waals surface area contributed by atoms with Gasteiger partial charge < -0.3 is 14.8 Å².